The lowest BCUT2D eigenvalue weighted by molar-refractivity contribution is -0.280. The van der Waals surface area contributed by atoms with Crippen LogP contribution in [0.1, 0.15) is 125 Å². The first-order valence-corrected chi connectivity index (χ1v) is 37.9. The molecule has 4 aliphatic heterocycles. The number of hydrogen-bond donors (Lipinski definition) is 10. The first-order chi connectivity index (χ1) is 49.9. The molecule has 12 bridgehead atoms. The lowest BCUT2D eigenvalue weighted by Gasteiger charge is -2.48. The highest BCUT2D eigenvalue weighted by atomic mass is 35.5. The molecule has 12 rings (SSSR count). The Hall–Kier alpha value is -9.10. The fourth-order valence-corrected chi connectivity index (χ4v) is 17.2. The van der Waals surface area contributed by atoms with Gasteiger partial charge in [0, 0.05) is 55.7 Å². The number of nitrogens with one attached hydrogen (secondary N) is 5. The number of nitrogens with zero attached hydrogens (tertiary/aromatic N) is 8. The lowest BCUT2D eigenvalue weighted by Crippen LogP contribution is -2.62. The highest BCUT2D eigenvalue weighted by Crippen LogP contribution is 2.50. The second-order valence-corrected chi connectivity index (χ2v) is 30.5. The number of halogens is 1. The van der Waals surface area contributed by atoms with E-state index in [0.29, 0.717) is 4.73 Å². The number of aromatic nitrogens is 7. The molecule has 42 heteroatoms. The second kappa shape index (κ2) is 30.8. The third-order valence-corrected chi connectivity index (χ3v) is 22.4. The number of ether oxygens (including phenoxy) is 6. The van der Waals surface area contributed by atoms with Crippen LogP contribution in [0.2, 0.25) is 0 Å². The Morgan fingerprint density at radius 2 is 1.56 bits per heavy atom. The molecule has 8 aromatic rings. The third kappa shape index (κ3) is 15.8. The number of nitrogens with two attached hydrogens (primary N) is 1. The molecular weight excluding hydrogens is 1520 g/mol. The molecular formula is C63H64ClN14O21PS5. The minimum atomic E-state index is -5.16. The number of fused-ring (bicyclic) bond motifs is 15. The van der Waals surface area contributed by atoms with Gasteiger partial charge in [0.15, 0.2) is 23.8 Å². The average Bonchev–Trinajstić information content (AvgIpc) is 1.59. The SMILES string of the molecule is C=C(NC(=O)c1csc(-c2nc3c(cc2OP(=O)(O)OCCCl)-c2nc(cs2)C(=O)NC(C(C)O)C(=O)N/C(=C(\C)OC)c2nc(cs2)C(=O)NC2c4nc(cs4)C(=O)NC(COC(=O)c4c5c6c(cccc6n4O)COC(=O)C(OC4CC(C)(O)C(N(C)C)C(C)O4)C2OC5)c2nc-3cs2)n1)C(N)=O. The van der Waals surface area contributed by atoms with Crippen LogP contribution in [0.5, 0.6) is 5.75 Å². The molecule has 11 heterocycles. The summed E-state index contributed by atoms with van der Waals surface area (Å²) < 4.78 is 62.8. The number of carbonyl (C=O) groups excluding carboxylic acids is 8. The molecule has 0 spiro atoms. The Kier molecular flexibility index (Phi) is 22.1. The molecule has 11 unspecified atom stereocenters. The standard InChI is InChI=1S/C63H64ClN14O21PS5/c1-24(50(65)80)66-51(81)33-21-104-59(71-33)44-38(99-100(90,91)96-13-12-64)14-29-43(73-44)32-19-102-57(68-32)31-18-95-61(86)46-30-17-93-47(48(98-39-15-63(5,88)49(77(6)7)27(4)97-39)62(87)94-16-28-10-9-11-37(40(28)30)78(46)89)45(60-72-34(22-105-60)52(82)67-31)76-54(84)36-23-103-58(70-36)42(26(3)92-8)75-55(85)41(25(2)79)74-53(83)35-20-101-56(29)69-35/h9-11,14,19-23,25,27,31,39,41,45,47-49,79,88-89H,1,12-13,15-18H2,2-8H3,(H2,65,80)(H,66,81)(H,67,82)(H,74,83)(H,75,85)(H,76,84)(H,90,91)/b42-26+. The van der Waals surface area contributed by atoms with Crippen LogP contribution in [-0.2, 0) is 65.1 Å². The van der Waals surface area contributed by atoms with Gasteiger partial charge in [-0.1, -0.05) is 18.7 Å². The maximum atomic E-state index is 15.2. The molecule has 11 N–H and O–H groups in total. The molecule has 0 aliphatic carbocycles. The summed E-state index contributed by atoms with van der Waals surface area (Å²) in [6.07, 6.45) is -7.76. The zero-order chi connectivity index (χ0) is 75.2. The second-order valence-electron chi connectivity index (χ2n) is 24.4. The van der Waals surface area contributed by atoms with Gasteiger partial charge in [-0.25, -0.2) is 44.1 Å². The van der Waals surface area contributed by atoms with Crippen LogP contribution in [0.25, 0.3) is 49.3 Å². The van der Waals surface area contributed by atoms with Crippen molar-refractivity contribution in [1.29, 1.82) is 0 Å². The maximum Gasteiger partial charge on any atom is 0.527 e. The van der Waals surface area contributed by atoms with Crippen LogP contribution in [0.3, 0.4) is 0 Å². The number of alkyl halides is 1. The number of esters is 2. The molecule has 11 atom stereocenters. The van der Waals surface area contributed by atoms with E-state index in [1.807, 2.05) is 0 Å². The fourth-order valence-electron chi connectivity index (χ4n) is 12.1. The summed E-state index contributed by atoms with van der Waals surface area (Å²) in [5.41, 5.74) is 0.957. The number of methoxy groups -OCH3 is 1. The summed E-state index contributed by atoms with van der Waals surface area (Å²) in [5.74, 6) is -9.03. The van der Waals surface area contributed by atoms with Crippen molar-refractivity contribution < 1.29 is 101 Å². The molecule has 4 aliphatic rings. The van der Waals surface area contributed by atoms with E-state index in [2.05, 4.69) is 48.1 Å². The minimum Gasteiger partial charge on any atom is -0.499 e. The van der Waals surface area contributed by atoms with Gasteiger partial charge in [0.2, 0.25) is 5.91 Å². The molecule has 554 valence electrons. The van der Waals surface area contributed by atoms with Gasteiger partial charge in [-0.05, 0) is 59.5 Å². The molecule has 0 saturated carbocycles. The number of pyridine rings is 1. The number of phosphoric ester groups is 1. The summed E-state index contributed by atoms with van der Waals surface area (Å²) in [5, 5.41) is 54.9. The number of allylic oxidation sites excluding steroid dienone is 1. The number of carbonyl (C=O) groups is 8. The van der Waals surface area contributed by atoms with Crippen molar-refractivity contribution in [2.75, 3.05) is 40.3 Å². The first kappa shape index (κ1) is 75.6. The molecule has 35 nitrogen and oxygen atoms in total. The van der Waals surface area contributed by atoms with Gasteiger partial charge in [-0.2, -0.15) is 4.73 Å². The number of thiazole rings is 5. The van der Waals surface area contributed by atoms with Crippen LogP contribution >= 0.6 is 76.1 Å². The van der Waals surface area contributed by atoms with E-state index < -0.39 is 159 Å². The highest BCUT2D eigenvalue weighted by Gasteiger charge is 2.50. The molecule has 105 heavy (non-hydrogen) atoms. The van der Waals surface area contributed by atoms with Gasteiger partial charge in [0.25, 0.3) is 29.5 Å². The van der Waals surface area contributed by atoms with Crippen molar-refractivity contribution >= 4 is 140 Å². The molecule has 1 aromatic carbocycles. The predicted molar refractivity (Wildman–Crippen MR) is 376 cm³/mol. The van der Waals surface area contributed by atoms with Crippen molar-refractivity contribution in [2.45, 2.75) is 108 Å². The van der Waals surface area contributed by atoms with Crippen molar-refractivity contribution in [3.8, 4) is 38.4 Å². The Morgan fingerprint density at radius 1 is 0.895 bits per heavy atom. The number of cyclic esters (lactones) is 2. The summed E-state index contributed by atoms with van der Waals surface area (Å²) in [4.78, 5) is 156. The van der Waals surface area contributed by atoms with E-state index in [-0.39, 0.29) is 116 Å². The number of likely N-dealkylation sites (N-methyl/N-ethyl adjacent to an activating group) is 1. The number of aliphatic hydroxyl groups is 2. The Morgan fingerprint density at radius 3 is 2.27 bits per heavy atom. The van der Waals surface area contributed by atoms with Crippen LogP contribution in [0, 0.1) is 0 Å². The van der Waals surface area contributed by atoms with E-state index in [4.69, 9.17) is 69.8 Å². The summed E-state index contributed by atoms with van der Waals surface area (Å²) in [7, 11) is -0.369. The van der Waals surface area contributed by atoms with E-state index >= 15 is 19.2 Å². The zero-order valence-electron chi connectivity index (χ0n) is 56.1. The topological polar surface area (TPSA) is 480 Å². The van der Waals surface area contributed by atoms with Gasteiger partial charge < -0.3 is 85.6 Å². The Balaban J connectivity index is 1.06. The molecule has 6 amide bonds. The van der Waals surface area contributed by atoms with E-state index in [1.54, 1.807) is 38.9 Å². The fraction of sp³-hybridized carbons (Fsp3) is 0.365. The number of rotatable bonds is 14. The van der Waals surface area contributed by atoms with E-state index in [1.165, 1.54) is 66.1 Å². The number of aliphatic hydroxyl groups excluding tert-OH is 1. The first-order valence-electron chi connectivity index (χ1n) is 31.5. The third-order valence-electron chi connectivity index (χ3n) is 16.8. The maximum absolute atomic E-state index is 15.2. The van der Waals surface area contributed by atoms with Gasteiger partial charge in [0.05, 0.1) is 55.4 Å². The van der Waals surface area contributed by atoms with Crippen molar-refractivity contribution in [3.63, 3.8) is 0 Å². The number of hydrogen-bond acceptors (Lipinski definition) is 32. The van der Waals surface area contributed by atoms with Gasteiger partial charge in [0.1, 0.15) is 114 Å². The molecule has 0 radical (unpaired) electrons. The normalized spacial score (nSPS) is 23.8. The summed E-state index contributed by atoms with van der Waals surface area (Å²) >= 11 is 9.99. The highest BCUT2D eigenvalue weighted by molar-refractivity contribution is 7.47. The largest absolute Gasteiger partial charge is 0.527 e. The Bertz CT molecular complexity index is 4890. The average molecular weight is 1580 g/mol. The smallest absolute Gasteiger partial charge is 0.499 e. The van der Waals surface area contributed by atoms with Gasteiger partial charge in [-0.3, -0.25) is 38.2 Å². The minimum absolute atomic E-state index is 0.0144. The van der Waals surface area contributed by atoms with E-state index in [0.717, 1.165) is 56.7 Å². The predicted octanol–water partition coefficient (Wildman–Crippen LogP) is 4.92. The summed E-state index contributed by atoms with van der Waals surface area (Å²) in [6.45, 7) is 6.98. The quantitative estimate of drug-likeness (QED) is 0.0172. The van der Waals surface area contributed by atoms with Gasteiger partial charge >= 0.3 is 19.8 Å². The van der Waals surface area contributed by atoms with Crippen molar-refractivity contribution in [1.82, 2.24) is 66.1 Å². The van der Waals surface area contributed by atoms with Crippen LogP contribution < -0.4 is 36.8 Å². The van der Waals surface area contributed by atoms with E-state index in [9.17, 15) is 44.1 Å². The molecule has 1 fully saturated rings. The molecule has 7 aromatic heterocycles. The number of benzene rings is 1. The van der Waals surface area contributed by atoms with Crippen molar-refractivity contribution in [3.05, 3.63) is 124 Å². The van der Waals surface area contributed by atoms with Crippen LogP contribution in [0.15, 0.2) is 69.2 Å². The number of phosphoric acid groups is 1. The Labute approximate surface area is 619 Å². The zero-order valence-corrected chi connectivity index (χ0v) is 61.8. The lowest BCUT2D eigenvalue weighted by atomic mass is 9.85. The number of amides is 6. The summed E-state index contributed by atoms with van der Waals surface area (Å²) in [6, 6.07) is 0.281. The molecule has 1 saturated heterocycles. The van der Waals surface area contributed by atoms with Crippen molar-refractivity contribution in [2.24, 2.45) is 5.73 Å². The van der Waals surface area contributed by atoms with Crippen LogP contribution in [-0.4, -0.2) is 196 Å². The monoisotopic (exact) mass is 1580 g/mol. The number of primary amides is 1. The van der Waals surface area contributed by atoms with Crippen LogP contribution in [0.4, 0.5) is 0 Å². The van der Waals surface area contributed by atoms with Gasteiger partial charge in [-0.15, -0.1) is 68.3 Å².